The van der Waals surface area contributed by atoms with Gasteiger partial charge in [0.1, 0.15) is 0 Å². The zero-order valence-electron chi connectivity index (χ0n) is 17.9. The fourth-order valence-corrected chi connectivity index (χ4v) is 3.60. The van der Waals surface area contributed by atoms with Crippen LogP contribution in [0.2, 0.25) is 5.02 Å². The third-order valence-corrected chi connectivity index (χ3v) is 5.56. The molecule has 31 heavy (non-hydrogen) atoms. The van der Waals surface area contributed by atoms with E-state index < -0.39 is 11.8 Å². The highest BCUT2D eigenvalue weighted by Crippen LogP contribution is 2.23. The first-order chi connectivity index (χ1) is 14.9. The maximum atomic E-state index is 12.4. The molecule has 1 fully saturated rings. The molecule has 7 nitrogen and oxygen atoms in total. The van der Waals surface area contributed by atoms with E-state index in [2.05, 4.69) is 39.8 Å². The minimum atomic E-state index is -0.654. The summed E-state index contributed by atoms with van der Waals surface area (Å²) in [5.41, 5.74) is 3.07. The van der Waals surface area contributed by atoms with Gasteiger partial charge in [0.15, 0.2) is 0 Å². The van der Waals surface area contributed by atoms with E-state index in [1.807, 2.05) is 31.1 Å². The van der Waals surface area contributed by atoms with Crippen LogP contribution in [0, 0.1) is 0 Å². The Morgan fingerprint density at radius 2 is 1.61 bits per heavy atom. The van der Waals surface area contributed by atoms with Crippen LogP contribution in [-0.2, 0) is 20.9 Å². The van der Waals surface area contributed by atoms with Crippen LogP contribution in [0.25, 0.3) is 0 Å². The fraction of sp³-hybridized carbons (Fsp3) is 0.391. The lowest BCUT2D eigenvalue weighted by atomic mass is 10.0. The van der Waals surface area contributed by atoms with Crippen LogP contribution in [-0.4, -0.2) is 63.7 Å². The van der Waals surface area contributed by atoms with Gasteiger partial charge < -0.3 is 20.3 Å². The van der Waals surface area contributed by atoms with Crippen molar-refractivity contribution in [1.29, 1.82) is 0 Å². The van der Waals surface area contributed by atoms with Gasteiger partial charge >= 0.3 is 11.8 Å². The molecule has 166 valence electrons. The number of rotatable bonds is 7. The zero-order valence-corrected chi connectivity index (χ0v) is 18.7. The number of amides is 2. The van der Waals surface area contributed by atoms with E-state index in [-0.39, 0.29) is 12.6 Å². The van der Waals surface area contributed by atoms with Crippen molar-refractivity contribution >= 4 is 29.1 Å². The van der Waals surface area contributed by atoms with Gasteiger partial charge in [-0.15, -0.1) is 0 Å². The third-order valence-electron chi connectivity index (χ3n) is 5.31. The van der Waals surface area contributed by atoms with Gasteiger partial charge in [-0.1, -0.05) is 35.9 Å². The van der Waals surface area contributed by atoms with Gasteiger partial charge in [-0.3, -0.25) is 14.5 Å². The molecule has 0 aliphatic carbocycles. The van der Waals surface area contributed by atoms with Gasteiger partial charge in [0.2, 0.25) is 0 Å². The van der Waals surface area contributed by atoms with Crippen molar-refractivity contribution in [3.8, 4) is 0 Å². The number of carbonyl (C=O) groups is 2. The lowest BCUT2D eigenvalue weighted by Gasteiger charge is -2.35. The first kappa shape index (κ1) is 23.1. The molecule has 1 unspecified atom stereocenters. The summed E-state index contributed by atoms with van der Waals surface area (Å²) < 4.78 is 5.47. The molecule has 1 aliphatic heterocycles. The normalized spacial score (nSPS) is 15.2. The number of hydrogen-bond acceptors (Lipinski definition) is 5. The highest BCUT2D eigenvalue weighted by Gasteiger charge is 2.24. The van der Waals surface area contributed by atoms with Crippen LogP contribution in [0.3, 0.4) is 0 Å². The quantitative estimate of drug-likeness (QED) is 0.640. The van der Waals surface area contributed by atoms with Crippen molar-refractivity contribution in [2.45, 2.75) is 12.6 Å². The van der Waals surface area contributed by atoms with E-state index in [1.54, 1.807) is 12.1 Å². The molecular formula is C23H29ClN4O3. The summed E-state index contributed by atoms with van der Waals surface area (Å²) >= 11 is 5.87. The Balaban J connectivity index is 1.60. The molecule has 1 aliphatic rings. The van der Waals surface area contributed by atoms with Crippen molar-refractivity contribution in [3.05, 3.63) is 64.7 Å². The van der Waals surface area contributed by atoms with Crippen LogP contribution in [0.1, 0.15) is 17.2 Å². The van der Waals surface area contributed by atoms with Crippen LogP contribution >= 0.6 is 11.6 Å². The Bertz CT molecular complexity index is 865. The molecule has 1 saturated heterocycles. The summed E-state index contributed by atoms with van der Waals surface area (Å²) in [6.45, 7) is 3.47. The predicted octanol–water partition coefficient (Wildman–Crippen LogP) is 2.21. The summed E-state index contributed by atoms with van der Waals surface area (Å²) in [5.74, 6) is -1.30. The topological polar surface area (TPSA) is 73.9 Å². The molecule has 0 radical (unpaired) electrons. The molecule has 2 aromatic rings. The zero-order chi connectivity index (χ0) is 22.2. The lowest BCUT2D eigenvalue weighted by molar-refractivity contribution is -0.139. The van der Waals surface area contributed by atoms with Crippen molar-refractivity contribution in [2.24, 2.45) is 0 Å². The van der Waals surface area contributed by atoms with E-state index in [1.165, 1.54) is 0 Å². The molecule has 2 amide bonds. The van der Waals surface area contributed by atoms with Crippen LogP contribution in [0.4, 0.5) is 5.69 Å². The molecule has 0 aromatic heterocycles. The standard InChI is InChI=1S/C23H29ClN4O3/c1-27(2)20-9-5-18(6-10-20)21(28-11-13-31-14-12-28)16-26-23(30)22(29)25-15-17-3-7-19(24)8-4-17/h3-10,21H,11-16H2,1-2H3,(H,25,29)(H,26,30). The number of hydrogen-bond donors (Lipinski definition) is 2. The van der Waals surface area contributed by atoms with Gasteiger partial charge in [-0.2, -0.15) is 0 Å². The van der Waals surface area contributed by atoms with Gasteiger partial charge in [0, 0.05) is 51.0 Å². The summed E-state index contributed by atoms with van der Waals surface area (Å²) in [6.07, 6.45) is 0. The van der Waals surface area contributed by atoms with Crippen molar-refractivity contribution in [1.82, 2.24) is 15.5 Å². The summed E-state index contributed by atoms with van der Waals surface area (Å²) in [4.78, 5) is 28.9. The van der Waals surface area contributed by atoms with E-state index in [4.69, 9.17) is 16.3 Å². The average molecular weight is 445 g/mol. The van der Waals surface area contributed by atoms with Crippen LogP contribution in [0.5, 0.6) is 0 Å². The molecular weight excluding hydrogens is 416 g/mol. The summed E-state index contributed by atoms with van der Waals surface area (Å²) in [6, 6.07) is 15.3. The maximum Gasteiger partial charge on any atom is 0.309 e. The van der Waals surface area contributed by atoms with Gasteiger partial charge in [-0.25, -0.2) is 0 Å². The van der Waals surface area contributed by atoms with Crippen LogP contribution < -0.4 is 15.5 Å². The molecule has 2 aromatic carbocycles. The number of nitrogens with zero attached hydrogens (tertiary/aromatic N) is 2. The minimum absolute atomic E-state index is 0.0341. The summed E-state index contributed by atoms with van der Waals surface area (Å²) in [5, 5.41) is 6.07. The predicted molar refractivity (Wildman–Crippen MR) is 122 cm³/mol. The second-order valence-electron chi connectivity index (χ2n) is 7.67. The number of nitrogens with one attached hydrogen (secondary N) is 2. The molecule has 8 heteroatoms. The Hall–Kier alpha value is -2.61. The monoisotopic (exact) mass is 444 g/mol. The largest absolute Gasteiger partial charge is 0.379 e. The Kier molecular flexibility index (Phi) is 8.28. The second-order valence-corrected chi connectivity index (χ2v) is 8.11. The first-order valence-electron chi connectivity index (χ1n) is 10.3. The fourth-order valence-electron chi connectivity index (χ4n) is 3.48. The Morgan fingerprint density at radius 1 is 1.00 bits per heavy atom. The molecule has 0 bridgehead atoms. The number of halogens is 1. The number of carbonyl (C=O) groups excluding carboxylic acids is 2. The highest BCUT2D eigenvalue weighted by atomic mass is 35.5. The number of ether oxygens (including phenoxy) is 1. The van der Waals surface area contributed by atoms with Gasteiger partial charge in [0.25, 0.3) is 0 Å². The van der Waals surface area contributed by atoms with E-state index in [9.17, 15) is 9.59 Å². The van der Waals surface area contributed by atoms with Gasteiger partial charge in [0.05, 0.1) is 19.3 Å². The SMILES string of the molecule is CN(C)c1ccc(C(CNC(=O)C(=O)NCc2ccc(Cl)cc2)N2CCOCC2)cc1. The average Bonchev–Trinajstić information content (AvgIpc) is 2.79. The van der Waals surface area contributed by atoms with Crippen molar-refractivity contribution < 1.29 is 14.3 Å². The van der Waals surface area contributed by atoms with E-state index in [0.29, 0.717) is 24.8 Å². The molecule has 1 heterocycles. The van der Waals surface area contributed by atoms with E-state index >= 15 is 0 Å². The highest BCUT2D eigenvalue weighted by molar-refractivity contribution is 6.35. The van der Waals surface area contributed by atoms with Crippen molar-refractivity contribution in [2.75, 3.05) is 51.8 Å². The number of benzene rings is 2. The Morgan fingerprint density at radius 3 is 2.23 bits per heavy atom. The molecule has 3 rings (SSSR count). The minimum Gasteiger partial charge on any atom is -0.379 e. The van der Waals surface area contributed by atoms with Crippen LogP contribution in [0.15, 0.2) is 48.5 Å². The number of morpholine rings is 1. The molecule has 1 atom stereocenters. The van der Waals surface area contributed by atoms with E-state index in [0.717, 1.165) is 29.9 Å². The Labute approximate surface area is 188 Å². The van der Waals surface area contributed by atoms with Gasteiger partial charge in [-0.05, 0) is 35.4 Å². The maximum absolute atomic E-state index is 12.4. The third kappa shape index (κ3) is 6.69. The second kappa shape index (κ2) is 11.1. The molecule has 0 spiro atoms. The lowest BCUT2D eigenvalue weighted by Crippen LogP contribution is -2.46. The van der Waals surface area contributed by atoms with Crippen molar-refractivity contribution in [3.63, 3.8) is 0 Å². The molecule has 0 saturated carbocycles. The smallest absolute Gasteiger partial charge is 0.309 e. The molecule has 2 N–H and O–H groups in total. The first-order valence-corrected chi connectivity index (χ1v) is 10.7. The summed E-state index contributed by atoms with van der Waals surface area (Å²) in [7, 11) is 3.99. The number of anilines is 1.